The van der Waals surface area contributed by atoms with E-state index in [0.29, 0.717) is 12.5 Å². The van der Waals surface area contributed by atoms with Crippen molar-refractivity contribution in [2.75, 3.05) is 13.7 Å². The second-order valence-corrected chi connectivity index (χ2v) is 5.76. The number of hydrogen-bond acceptors (Lipinski definition) is 4. The van der Waals surface area contributed by atoms with Crippen LogP contribution >= 0.6 is 0 Å². The first-order chi connectivity index (χ1) is 7.83. The molecule has 0 bridgehead atoms. The van der Waals surface area contributed by atoms with Crippen LogP contribution in [0.1, 0.15) is 27.2 Å². The van der Waals surface area contributed by atoms with E-state index in [2.05, 4.69) is 0 Å². The summed E-state index contributed by atoms with van der Waals surface area (Å²) in [6.45, 7) is 6.05. The summed E-state index contributed by atoms with van der Waals surface area (Å²) in [5, 5.41) is 0. The lowest BCUT2D eigenvalue weighted by Gasteiger charge is -2.28. The number of carbonyl (C=O) groups excluding carboxylic acids is 2. The van der Waals surface area contributed by atoms with Gasteiger partial charge in [0, 0.05) is 6.54 Å². The molecule has 2 rings (SSSR count). The first-order valence-electron chi connectivity index (χ1n) is 5.91. The van der Waals surface area contributed by atoms with Gasteiger partial charge in [-0.05, 0) is 39.0 Å². The van der Waals surface area contributed by atoms with Crippen LogP contribution in [0.3, 0.4) is 0 Å². The Labute approximate surface area is 101 Å². The molecular weight excluding hydrogens is 222 g/mol. The van der Waals surface area contributed by atoms with Gasteiger partial charge in [-0.1, -0.05) is 0 Å². The molecular formula is C12H19NO4. The SMILES string of the molecule is COC(=O)[C@@H]1[C@@H]2C[C@@H]2CN1C(=O)OC(C)(C)C. The fourth-order valence-electron chi connectivity index (χ4n) is 2.40. The Morgan fingerprint density at radius 2 is 1.94 bits per heavy atom. The van der Waals surface area contributed by atoms with Gasteiger partial charge in [0.1, 0.15) is 11.6 Å². The van der Waals surface area contributed by atoms with Crippen LogP contribution in [0.4, 0.5) is 4.79 Å². The van der Waals surface area contributed by atoms with Crippen molar-refractivity contribution in [3.63, 3.8) is 0 Å². The molecule has 0 aromatic heterocycles. The number of methoxy groups -OCH3 is 1. The van der Waals surface area contributed by atoms with Crippen molar-refractivity contribution < 1.29 is 19.1 Å². The maximum absolute atomic E-state index is 12.0. The maximum Gasteiger partial charge on any atom is 0.411 e. The Kier molecular flexibility index (Phi) is 2.79. The van der Waals surface area contributed by atoms with Gasteiger partial charge < -0.3 is 9.47 Å². The summed E-state index contributed by atoms with van der Waals surface area (Å²) < 4.78 is 10.0. The molecule has 2 fully saturated rings. The Hall–Kier alpha value is -1.26. The van der Waals surface area contributed by atoms with Gasteiger partial charge >= 0.3 is 12.1 Å². The molecule has 0 spiro atoms. The van der Waals surface area contributed by atoms with E-state index in [1.165, 1.54) is 12.0 Å². The predicted molar refractivity (Wildman–Crippen MR) is 60.3 cm³/mol. The van der Waals surface area contributed by atoms with Crippen molar-refractivity contribution in [2.24, 2.45) is 11.8 Å². The summed E-state index contributed by atoms with van der Waals surface area (Å²) in [5.41, 5.74) is -0.537. The Morgan fingerprint density at radius 1 is 1.29 bits per heavy atom. The molecule has 1 aliphatic carbocycles. The molecule has 0 aromatic rings. The monoisotopic (exact) mass is 241 g/mol. The van der Waals surface area contributed by atoms with Crippen molar-refractivity contribution in [3.05, 3.63) is 0 Å². The molecule has 17 heavy (non-hydrogen) atoms. The highest BCUT2D eigenvalue weighted by Gasteiger charge is 2.58. The topological polar surface area (TPSA) is 55.8 Å². The third kappa shape index (κ3) is 2.37. The molecule has 1 aliphatic heterocycles. The Bertz CT molecular complexity index is 347. The molecule has 2 aliphatic rings. The van der Waals surface area contributed by atoms with Crippen LogP contribution in [0.25, 0.3) is 0 Å². The minimum Gasteiger partial charge on any atom is -0.467 e. The van der Waals surface area contributed by atoms with E-state index < -0.39 is 17.7 Å². The van der Waals surface area contributed by atoms with Crippen LogP contribution < -0.4 is 0 Å². The zero-order valence-electron chi connectivity index (χ0n) is 10.7. The molecule has 0 radical (unpaired) electrons. The maximum atomic E-state index is 12.0. The van der Waals surface area contributed by atoms with Gasteiger partial charge in [0.05, 0.1) is 7.11 Å². The minimum atomic E-state index is -0.537. The van der Waals surface area contributed by atoms with E-state index in [1.807, 2.05) is 20.8 Å². The largest absolute Gasteiger partial charge is 0.467 e. The van der Waals surface area contributed by atoms with Crippen LogP contribution in [0, 0.1) is 11.8 Å². The van der Waals surface area contributed by atoms with Crippen molar-refractivity contribution in [3.8, 4) is 0 Å². The van der Waals surface area contributed by atoms with Gasteiger partial charge in [0.25, 0.3) is 0 Å². The zero-order valence-corrected chi connectivity index (χ0v) is 10.7. The number of hydrogen-bond donors (Lipinski definition) is 0. The van der Waals surface area contributed by atoms with E-state index in [4.69, 9.17) is 9.47 Å². The Morgan fingerprint density at radius 3 is 2.47 bits per heavy atom. The molecule has 5 heteroatoms. The number of nitrogens with zero attached hydrogens (tertiary/aromatic N) is 1. The average molecular weight is 241 g/mol. The highest BCUT2D eigenvalue weighted by atomic mass is 16.6. The van der Waals surface area contributed by atoms with Crippen molar-refractivity contribution in [2.45, 2.75) is 38.8 Å². The number of fused-ring (bicyclic) bond motifs is 1. The van der Waals surface area contributed by atoms with E-state index in [-0.39, 0.29) is 11.9 Å². The van der Waals surface area contributed by atoms with Crippen LogP contribution in [-0.4, -0.2) is 42.3 Å². The first kappa shape index (κ1) is 12.2. The molecule has 96 valence electrons. The quantitative estimate of drug-likeness (QED) is 0.651. The highest BCUT2D eigenvalue weighted by molar-refractivity contribution is 5.83. The molecule has 1 amide bonds. The smallest absolute Gasteiger partial charge is 0.411 e. The molecule has 0 N–H and O–H groups in total. The number of esters is 1. The number of ether oxygens (including phenoxy) is 2. The fourth-order valence-corrected chi connectivity index (χ4v) is 2.40. The Balaban J connectivity index is 2.05. The normalized spacial score (nSPS) is 30.8. The second-order valence-electron chi connectivity index (χ2n) is 5.76. The van der Waals surface area contributed by atoms with E-state index >= 15 is 0 Å². The first-order valence-corrected chi connectivity index (χ1v) is 5.91. The molecule has 0 unspecified atom stereocenters. The van der Waals surface area contributed by atoms with Gasteiger partial charge in [-0.3, -0.25) is 4.90 Å². The number of amides is 1. The summed E-state index contributed by atoms with van der Waals surface area (Å²) >= 11 is 0. The van der Waals surface area contributed by atoms with Gasteiger partial charge in [0.15, 0.2) is 0 Å². The lowest BCUT2D eigenvalue weighted by atomic mass is 10.2. The molecule has 1 heterocycles. The van der Waals surface area contributed by atoms with Crippen molar-refractivity contribution in [1.82, 2.24) is 4.90 Å². The van der Waals surface area contributed by atoms with E-state index in [9.17, 15) is 9.59 Å². The van der Waals surface area contributed by atoms with Crippen LogP contribution in [0.15, 0.2) is 0 Å². The number of piperidine rings is 1. The fraction of sp³-hybridized carbons (Fsp3) is 0.833. The van der Waals surface area contributed by atoms with Gasteiger partial charge in [-0.15, -0.1) is 0 Å². The minimum absolute atomic E-state index is 0.273. The van der Waals surface area contributed by atoms with Gasteiger partial charge in [-0.2, -0.15) is 0 Å². The van der Waals surface area contributed by atoms with Gasteiger partial charge in [0.2, 0.25) is 0 Å². The predicted octanol–water partition coefficient (Wildman–Crippen LogP) is 1.41. The summed E-state index contributed by atoms with van der Waals surface area (Å²) in [5.74, 6) is 0.391. The molecule has 1 saturated carbocycles. The third-order valence-electron chi connectivity index (χ3n) is 3.22. The number of likely N-dealkylation sites (tertiary alicyclic amines) is 1. The standard InChI is InChI=1S/C12H19NO4/c1-12(2,3)17-11(15)13-6-7-5-8(7)9(13)10(14)16-4/h7-9H,5-6H2,1-4H3/t7-,8-,9+/m1/s1. The van der Waals surface area contributed by atoms with Crippen LogP contribution in [0.2, 0.25) is 0 Å². The van der Waals surface area contributed by atoms with Crippen LogP contribution in [-0.2, 0) is 14.3 Å². The number of carbonyl (C=O) groups is 2. The van der Waals surface area contributed by atoms with Crippen molar-refractivity contribution >= 4 is 12.1 Å². The average Bonchev–Trinajstić information content (AvgIpc) is 2.86. The number of rotatable bonds is 1. The lowest BCUT2D eigenvalue weighted by molar-refractivity contribution is -0.146. The van der Waals surface area contributed by atoms with Gasteiger partial charge in [-0.25, -0.2) is 9.59 Å². The molecule has 1 saturated heterocycles. The zero-order chi connectivity index (χ0) is 12.8. The van der Waals surface area contributed by atoms with Crippen molar-refractivity contribution in [1.29, 1.82) is 0 Å². The molecule has 3 atom stereocenters. The van der Waals surface area contributed by atoms with E-state index in [1.54, 1.807) is 0 Å². The van der Waals surface area contributed by atoms with E-state index in [0.717, 1.165) is 6.42 Å². The molecule has 5 nitrogen and oxygen atoms in total. The summed E-state index contributed by atoms with van der Waals surface area (Å²) in [4.78, 5) is 25.1. The third-order valence-corrected chi connectivity index (χ3v) is 3.22. The lowest BCUT2D eigenvalue weighted by Crippen LogP contribution is -2.46. The summed E-state index contributed by atoms with van der Waals surface area (Å²) in [6, 6.07) is -0.445. The highest BCUT2D eigenvalue weighted by Crippen LogP contribution is 2.50. The molecule has 0 aromatic carbocycles. The summed E-state index contributed by atoms with van der Waals surface area (Å²) in [7, 11) is 1.35. The second kappa shape index (κ2) is 3.89. The summed E-state index contributed by atoms with van der Waals surface area (Å²) in [6.07, 6.45) is 0.596. The van der Waals surface area contributed by atoms with Crippen LogP contribution in [0.5, 0.6) is 0 Å².